The van der Waals surface area contributed by atoms with Crippen molar-refractivity contribution >= 4 is 21.8 Å². The van der Waals surface area contributed by atoms with Crippen LogP contribution >= 0.6 is 11.8 Å². The van der Waals surface area contributed by atoms with Gasteiger partial charge in [-0.25, -0.2) is 13.1 Å². The summed E-state index contributed by atoms with van der Waals surface area (Å²) in [5, 5.41) is 0. The van der Waals surface area contributed by atoms with Crippen LogP contribution in [0.2, 0.25) is 0 Å². The van der Waals surface area contributed by atoms with E-state index in [0.29, 0.717) is 4.90 Å². The van der Waals surface area contributed by atoms with E-state index in [4.69, 9.17) is 0 Å². The van der Waals surface area contributed by atoms with Crippen molar-refractivity contribution in [1.29, 1.82) is 0 Å². The molecule has 1 fully saturated rings. The van der Waals surface area contributed by atoms with Crippen LogP contribution in [0.15, 0.2) is 34.1 Å². The molecule has 0 radical (unpaired) electrons. The first-order valence-corrected chi connectivity index (χ1v) is 8.49. The molecule has 2 rings (SSSR count). The monoisotopic (exact) mass is 271 g/mol. The zero-order valence-corrected chi connectivity index (χ0v) is 11.5. The van der Waals surface area contributed by atoms with Crippen LogP contribution in [0.3, 0.4) is 0 Å². The summed E-state index contributed by atoms with van der Waals surface area (Å²) >= 11 is 1.61. The number of sulfonamides is 1. The van der Waals surface area contributed by atoms with E-state index in [-0.39, 0.29) is 6.04 Å². The molecule has 0 bridgehead atoms. The molecular formula is C12H17NO2S2. The summed E-state index contributed by atoms with van der Waals surface area (Å²) < 4.78 is 26.9. The standard InChI is InChI=1S/C12H17NO2S2/c1-16-11-6-8-12(9-7-11)17(14,15)13-10-4-2-3-5-10/h6-10,13H,2-5H2,1H3. The number of nitrogens with one attached hydrogen (secondary N) is 1. The van der Waals surface area contributed by atoms with Crippen LogP contribution in [0.25, 0.3) is 0 Å². The second-order valence-corrected chi connectivity index (χ2v) is 6.87. The average Bonchev–Trinajstić information content (AvgIpc) is 2.81. The van der Waals surface area contributed by atoms with Crippen molar-refractivity contribution in [2.24, 2.45) is 0 Å². The predicted octanol–water partition coefficient (Wildman–Crippen LogP) is 2.63. The molecule has 0 spiro atoms. The molecule has 0 atom stereocenters. The quantitative estimate of drug-likeness (QED) is 0.856. The molecular weight excluding hydrogens is 254 g/mol. The third-order valence-corrected chi connectivity index (χ3v) is 5.33. The van der Waals surface area contributed by atoms with E-state index in [2.05, 4.69) is 4.72 Å². The zero-order chi connectivity index (χ0) is 12.3. The minimum Gasteiger partial charge on any atom is -0.208 e. The summed E-state index contributed by atoms with van der Waals surface area (Å²) in [6, 6.07) is 7.15. The smallest absolute Gasteiger partial charge is 0.208 e. The van der Waals surface area contributed by atoms with E-state index in [9.17, 15) is 8.42 Å². The Labute approximate surface area is 107 Å². The molecule has 0 heterocycles. The lowest BCUT2D eigenvalue weighted by Gasteiger charge is -2.12. The van der Waals surface area contributed by atoms with Crippen LogP contribution in [0.5, 0.6) is 0 Å². The summed E-state index contributed by atoms with van der Waals surface area (Å²) in [5.74, 6) is 0. The van der Waals surface area contributed by atoms with E-state index in [1.165, 1.54) is 0 Å². The first-order chi connectivity index (χ1) is 8.12. The molecule has 5 heteroatoms. The molecule has 1 aromatic rings. The molecule has 1 aliphatic carbocycles. The second kappa shape index (κ2) is 5.42. The van der Waals surface area contributed by atoms with Crippen molar-refractivity contribution in [3.05, 3.63) is 24.3 Å². The van der Waals surface area contributed by atoms with Gasteiger partial charge in [0.05, 0.1) is 4.90 Å². The van der Waals surface area contributed by atoms with Crippen LogP contribution in [-0.2, 0) is 10.0 Å². The molecule has 1 N–H and O–H groups in total. The Hall–Kier alpha value is -0.520. The lowest BCUT2D eigenvalue weighted by atomic mass is 10.3. The molecule has 0 aromatic heterocycles. The van der Waals surface area contributed by atoms with Crippen molar-refractivity contribution < 1.29 is 8.42 Å². The highest BCUT2D eigenvalue weighted by Crippen LogP contribution is 2.21. The lowest BCUT2D eigenvalue weighted by Crippen LogP contribution is -2.32. The van der Waals surface area contributed by atoms with Crippen molar-refractivity contribution in [3.8, 4) is 0 Å². The fourth-order valence-electron chi connectivity index (χ4n) is 2.09. The Morgan fingerprint density at radius 2 is 1.76 bits per heavy atom. The minimum absolute atomic E-state index is 0.125. The van der Waals surface area contributed by atoms with Crippen LogP contribution in [0.4, 0.5) is 0 Å². The van der Waals surface area contributed by atoms with Gasteiger partial charge in [0.25, 0.3) is 0 Å². The molecule has 17 heavy (non-hydrogen) atoms. The Morgan fingerprint density at radius 1 is 1.18 bits per heavy atom. The van der Waals surface area contributed by atoms with E-state index in [0.717, 1.165) is 30.6 Å². The summed E-state index contributed by atoms with van der Waals surface area (Å²) in [6.07, 6.45) is 6.14. The molecule has 1 aromatic carbocycles. The van der Waals surface area contributed by atoms with Gasteiger partial charge >= 0.3 is 0 Å². The van der Waals surface area contributed by atoms with Gasteiger partial charge in [0.1, 0.15) is 0 Å². The molecule has 0 saturated heterocycles. The normalized spacial score (nSPS) is 17.5. The van der Waals surface area contributed by atoms with E-state index >= 15 is 0 Å². The summed E-state index contributed by atoms with van der Waals surface area (Å²) in [5.41, 5.74) is 0. The van der Waals surface area contributed by atoms with Gasteiger partial charge in [-0.15, -0.1) is 11.8 Å². The highest BCUT2D eigenvalue weighted by molar-refractivity contribution is 7.98. The average molecular weight is 271 g/mol. The van der Waals surface area contributed by atoms with Crippen molar-refractivity contribution in [3.63, 3.8) is 0 Å². The van der Waals surface area contributed by atoms with Crippen LogP contribution in [0, 0.1) is 0 Å². The van der Waals surface area contributed by atoms with Crippen molar-refractivity contribution in [2.45, 2.75) is 41.5 Å². The SMILES string of the molecule is CSc1ccc(S(=O)(=O)NC2CCCC2)cc1. The van der Waals surface area contributed by atoms with Gasteiger partial charge < -0.3 is 0 Å². The first kappa shape index (κ1) is 12.9. The number of rotatable bonds is 4. The molecule has 1 aliphatic rings. The largest absolute Gasteiger partial charge is 0.240 e. The Kier molecular flexibility index (Phi) is 4.12. The van der Waals surface area contributed by atoms with Crippen molar-refractivity contribution in [1.82, 2.24) is 4.72 Å². The van der Waals surface area contributed by atoms with Crippen LogP contribution in [0.1, 0.15) is 25.7 Å². The topological polar surface area (TPSA) is 46.2 Å². The Morgan fingerprint density at radius 3 is 2.29 bits per heavy atom. The number of hydrogen-bond donors (Lipinski definition) is 1. The van der Waals surface area contributed by atoms with Gasteiger partial charge in [0.15, 0.2) is 0 Å². The van der Waals surface area contributed by atoms with Crippen molar-refractivity contribution in [2.75, 3.05) is 6.26 Å². The molecule has 1 saturated carbocycles. The fraction of sp³-hybridized carbons (Fsp3) is 0.500. The van der Waals surface area contributed by atoms with E-state index < -0.39 is 10.0 Å². The minimum atomic E-state index is -3.33. The van der Waals surface area contributed by atoms with Gasteiger partial charge in [0, 0.05) is 10.9 Å². The first-order valence-electron chi connectivity index (χ1n) is 5.78. The maximum atomic E-state index is 12.1. The third-order valence-electron chi connectivity index (χ3n) is 3.05. The predicted molar refractivity (Wildman–Crippen MR) is 70.8 cm³/mol. The van der Waals surface area contributed by atoms with Gasteiger partial charge in [-0.1, -0.05) is 12.8 Å². The lowest BCUT2D eigenvalue weighted by molar-refractivity contribution is 0.552. The summed E-state index contributed by atoms with van der Waals surface area (Å²) in [6.45, 7) is 0. The number of hydrogen-bond acceptors (Lipinski definition) is 3. The molecule has 94 valence electrons. The van der Waals surface area contributed by atoms with E-state index in [1.54, 1.807) is 23.9 Å². The van der Waals surface area contributed by atoms with E-state index in [1.807, 2.05) is 18.4 Å². The van der Waals surface area contributed by atoms with Gasteiger partial charge in [-0.05, 0) is 43.4 Å². The molecule has 0 aliphatic heterocycles. The number of benzene rings is 1. The Bertz CT molecular complexity index is 462. The highest BCUT2D eigenvalue weighted by Gasteiger charge is 2.22. The maximum Gasteiger partial charge on any atom is 0.240 e. The van der Waals surface area contributed by atoms with Gasteiger partial charge in [-0.2, -0.15) is 0 Å². The number of thioether (sulfide) groups is 1. The van der Waals surface area contributed by atoms with Crippen LogP contribution in [-0.4, -0.2) is 20.7 Å². The van der Waals surface area contributed by atoms with Gasteiger partial charge in [0.2, 0.25) is 10.0 Å². The van der Waals surface area contributed by atoms with Gasteiger partial charge in [-0.3, -0.25) is 0 Å². The highest BCUT2D eigenvalue weighted by atomic mass is 32.2. The molecule has 0 unspecified atom stereocenters. The summed E-state index contributed by atoms with van der Waals surface area (Å²) in [4.78, 5) is 1.44. The maximum absolute atomic E-state index is 12.1. The fourth-order valence-corrected chi connectivity index (χ4v) is 3.80. The zero-order valence-electron chi connectivity index (χ0n) is 9.85. The second-order valence-electron chi connectivity index (χ2n) is 4.28. The van der Waals surface area contributed by atoms with Crippen LogP contribution < -0.4 is 4.72 Å². The molecule has 0 amide bonds. The molecule has 3 nitrogen and oxygen atoms in total. The Balaban J connectivity index is 2.12. The third kappa shape index (κ3) is 3.24. The summed E-state index contributed by atoms with van der Waals surface area (Å²) in [7, 11) is -3.33.